The second-order valence-corrected chi connectivity index (χ2v) is 6.01. The minimum absolute atomic E-state index is 0.114. The molecule has 2 nitrogen and oxygen atoms in total. The Bertz CT molecular complexity index is 582. The van der Waals surface area contributed by atoms with E-state index in [4.69, 9.17) is 11.6 Å². The molecule has 0 N–H and O–H groups in total. The van der Waals surface area contributed by atoms with Gasteiger partial charge in [-0.05, 0) is 35.9 Å². The molecule has 0 bridgehead atoms. The zero-order valence-electron chi connectivity index (χ0n) is 10.4. The van der Waals surface area contributed by atoms with Gasteiger partial charge in [0, 0.05) is 11.6 Å². The van der Waals surface area contributed by atoms with Gasteiger partial charge in [0.25, 0.3) is 5.91 Å². The maximum absolute atomic E-state index is 12.5. The second kappa shape index (κ2) is 5.35. The number of amides is 1. The van der Waals surface area contributed by atoms with Gasteiger partial charge in [-0.15, -0.1) is 11.3 Å². The standard InChI is InChI=1S/C15H14ClNOS/c16-12-6-2-1-5-11(12)13-7-3-9-17(13)15(18)14-8-4-10-19-14/h1-2,4-6,8,10,13H,3,7,9H2. The van der Waals surface area contributed by atoms with Crippen LogP contribution in [-0.2, 0) is 0 Å². The molecule has 0 radical (unpaired) electrons. The number of carbonyl (C=O) groups excluding carboxylic acids is 1. The Morgan fingerprint density at radius 2 is 2.11 bits per heavy atom. The number of carbonyl (C=O) groups is 1. The third-order valence-corrected chi connectivity index (χ3v) is 4.71. The molecule has 1 aromatic heterocycles. The van der Waals surface area contributed by atoms with E-state index in [1.165, 1.54) is 11.3 Å². The monoisotopic (exact) mass is 291 g/mol. The Kier molecular flexibility index (Phi) is 3.58. The van der Waals surface area contributed by atoms with Crippen LogP contribution in [0.5, 0.6) is 0 Å². The van der Waals surface area contributed by atoms with Gasteiger partial charge in [-0.1, -0.05) is 35.9 Å². The van der Waals surface area contributed by atoms with E-state index < -0.39 is 0 Å². The van der Waals surface area contributed by atoms with Gasteiger partial charge < -0.3 is 4.90 Å². The molecule has 1 aromatic carbocycles. The molecule has 1 saturated heterocycles. The highest BCUT2D eigenvalue weighted by Crippen LogP contribution is 2.36. The lowest BCUT2D eigenvalue weighted by Crippen LogP contribution is -2.30. The van der Waals surface area contributed by atoms with Gasteiger partial charge >= 0.3 is 0 Å². The van der Waals surface area contributed by atoms with E-state index >= 15 is 0 Å². The number of rotatable bonds is 2. The third kappa shape index (κ3) is 2.40. The normalized spacial score (nSPS) is 18.8. The molecule has 2 heterocycles. The highest BCUT2D eigenvalue weighted by atomic mass is 35.5. The largest absolute Gasteiger partial charge is 0.331 e. The van der Waals surface area contributed by atoms with Crippen LogP contribution in [0.25, 0.3) is 0 Å². The summed E-state index contributed by atoms with van der Waals surface area (Å²) in [5.41, 5.74) is 1.06. The number of benzene rings is 1. The third-order valence-electron chi connectivity index (χ3n) is 3.51. The average Bonchev–Trinajstić information content (AvgIpc) is 3.10. The van der Waals surface area contributed by atoms with E-state index in [0.29, 0.717) is 0 Å². The van der Waals surface area contributed by atoms with E-state index in [0.717, 1.165) is 34.8 Å². The molecule has 1 unspecified atom stereocenters. The summed E-state index contributed by atoms with van der Waals surface area (Å²) in [6.45, 7) is 0.812. The van der Waals surface area contributed by atoms with Gasteiger partial charge in [0.15, 0.2) is 0 Å². The molecule has 3 rings (SSSR count). The molecule has 1 aliphatic rings. The molecule has 2 aromatic rings. The van der Waals surface area contributed by atoms with E-state index in [-0.39, 0.29) is 11.9 Å². The lowest BCUT2D eigenvalue weighted by Gasteiger charge is -2.25. The Hall–Kier alpha value is -1.32. The van der Waals surface area contributed by atoms with E-state index in [1.54, 1.807) is 0 Å². The first-order chi connectivity index (χ1) is 9.27. The Morgan fingerprint density at radius 1 is 1.26 bits per heavy atom. The van der Waals surface area contributed by atoms with Gasteiger partial charge in [0.05, 0.1) is 10.9 Å². The minimum atomic E-state index is 0.114. The first-order valence-electron chi connectivity index (χ1n) is 6.36. The predicted molar refractivity (Wildman–Crippen MR) is 78.8 cm³/mol. The molecule has 1 amide bonds. The van der Waals surface area contributed by atoms with Crippen molar-refractivity contribution in [1.82, 2.24) is 4.90 Å². The van der Waals surface area contributed by atoms with Gasteiger partial charge in [-0.25, -0.2) is 0 Å². The molecule has 4 heteroatoms. The summed E-state index contributed by atoms with van der Waals surface area (Å²) in [5.74, 6) is 0.123. The fourth-order valence-corrected chi connectivity index (χ4v) is 3.56. The summed E-state index contributed by atoms with van der Waals surface area (Å²) in [6, 6.07) is 11.7. The number of hydrogen-bond donors (Lipinski definition) is 0. The summed E-state index contributed by atoms with van der Waals surface area (Å²) in [6.07, 6.45) is 2.02. The predicted octanol–water partition coefficient (Wildman–Crippen LogP) is 4.38. The number of nitrogens with zero attached hydrogens (tertiary/aromatic N) is 1. The number of hydrogen-bond acceptors (Lipinski definition) is 2. The molecule has 0 aliphatic carbocycles. The van der Waals surface area contributed by atoms with Crippen LogP contribution in [0.15, 0.2) is 41.8 Å². The zero-order valence-corrected chi connectivity index (χ0v) is 12.0. The Morgan fingerprint density at radius 3 is 2.84 bits per heavy atom. The molecule has 1 atom stereocenters. The average molecular weight is 292 g/mol. The second-order valence-electron chi connectivity index (χ2n) is 4.66. The van der Waals surface area contributed by atoms with Crippen LogP contribution in [0.4, 0.5) is 0 Å². The van der Waals surface area contributed by atoms with Crippen LogP contribution < -0.4 is 0 Å². The maximum atomic E-state index is 12.5. The van der Waals surface area contributed by atoms with Crippen molar-refractivity contribution in [3.63, 3.8) is 0 Å². The fourth-order valence-electron chi connectivity index (χ4n) is 2.62. The van der Waals surface area contributed by atoms with Crippen molar-refractivity contribution in [3.8, 4) is 0 Å². The van der Waals surface area contributed by atoms with Crippen molar-refractivity contribution in [2.75, 3.05) is 6.54 Å². The topological polar surface area (TPSA) is 20.3 Å². The molecule has 0 spiro atoms. The molecule has 0 saturated carbocycles. The van der Waals surface area contributed by atoms with E-state index in [2.05, 4.69) is 0 Å². The van der Waals surface area contributed by atoms with Crippen molar-refractivity contribution >= 4 is 28.8 Å². The molecule has 98 valence electrons. The summed E-state index contributed by atoms with van der Waals surface area (Å²) in [4.78, 5) is 15.3. The van der Waals surface area contributed by atoms with Crippen LogP contribution in [0.2, 0.25) is 5.02 Å². The van der Waals surface area contributed by atoms with Crippen molar-refractivity contribution in [1.29, 1.82) is 0 Å². The molecule has 19 heavy (non-hydrogen) atoms. The number of thiophene rings is 1. The smallest absolute Gasteiger partial charge is 0.264 e. The Labute approximate surface area is 121 Å². The minimum Gasteiger partial charge on any atom is -0.331 e. The number of likely N-dealkylation sites (tertiary alicyclic amines) is 1. The van der Waals surface area contributed by atoms with Crippen LogP contribution in [-0.4, -0.2) is 17.4 Å². The van der Waals surface area contributed by atoms with Gasteiger partial charge in [-0.2, -0.15) is 0 Å². The SMILES string of the molecule is O=C(c1cccs1)N1CCCC1c1ccccc1Cl. The van der Waals surface area contributed by atoms with Crippen molar-refractivity contribution < 1.29 is 4.79 Å². The van der Waals surface area contributed by atoms with Crippen molar-refractivity contribution in [3.05, 3.63) is 57.2 Å². The molecule has 1 fully saturated rings. The van der Waals surface area contributed by atoms with Gasteiger partial charge in [0.2, 0.25) is 0 Å². The summed E-state index contributed by atoms with van der Waals surface area (Å²) in [5, 5.41) is 2.69. The van der Waals surface area contributed by atoms with Crippen LogP contribution in [0, 0.1) is 0 Å². The lowest BCUT2D eigenvalue weighted by molar-refractivity contribution is 0.0740. The first kappa shape index (κ1) is 12.7. The molecular formula is C15H14ClNOS. The quantitative estimate of drug-likeness (QED) is 0.804. The zero-order chi connectivity index (χ0) is 13.2. The fraction of sp³-hybridized carbons (Fsp3) is 0.267. The molecule has 1 aliphatic heterocycles. The maximum Gasteiger partial charge on any atom is 0.264 e. The van der Waals surface area contributed by atoms with Crippen molar-refractivity contribution in [2.45, 2.75) is 18.9 Å². The van der Waals surface area contributed by atoms with Crippen LogP contribution >= 0.6 is 22.9 Å². The summed E-state index contributed by atoms with van der Waals surface area (Å²) >= 11 is 7.76. The lowest BCUT2D eigenvalue weighted by atomic mass is 10.0. The Balaban J connectivity index is 1.90. The van der Waals surface area contributed by atoms with Gasteiger partial charge in [0.1, 0.15) is 0 Å². The molecular weight excluding hydrogens is 278 g/mol. The van der Waals surface area contributed by atoms with Gasteiger partial charge in [-0.3, -0.25) is 4.79 Å². The van der Waals surface area contributed by atoms with E-state index in [9.17, 15) is 4.79 Å². The first-order valence-corrected chi connectivity index (χ1v) is 7.62. The summed E-state index contributed by atoms with van der Waals surface area (Å²) in [7, 11) is 0. The van der Waals surface area contributed by atoms with Crippen molar-refractivity contribution in [2.24, 2.45) is 0 Å². The summed E-state index contributed by atoms with van der Waals surface area (Å²) < 4.78 is 0. The highest BCUT2D eigenvalue weighted by molar-refractivity contribution is 7.12. The van der Waals surface area contributed by atoms with Crippen LogP contribution in [0.1, 0.15) is 34.1 Å². The van der Waals surface area contributed by atoms with Crippen LogP contribution in [0.3, 0.4) is 0 Å². The van der Waals surface area contributed by atoms with E-state index in [1.807, 2.05) is 46.7 Å². The highest BCUT2D eigenvalue weighted by Gasteiger charge is 2.31. The number of halogens is 1.